The fourth-order valence-electron chi connectivity index (χ4n) is 5.41. The zero-order valence-corrected chi connectivity index (χ0v) is 29.2. The van der Waals surface area contributed by atoms with Gasteiger partial charge in [0, 0.05) is 19.7 Å². The van der Waals surface area contributed by atoms with Crippen molar-refractivity contribution in [1.82, 2.24) is 4.90 Å². The van der Waals surface area contributed by atoms with Crippen LogP contribution in [0.2, 0.25) is 0 Å². The van der Waals surface area contributed by atoms with Crippen LogP contribution < -0.4 is 5.32 Å². The molecule has 0 saturated heterocycles. The van der Waals surface area contributed by atoms with Gasteiger partial charge in [0.2, 0.25) is 5.41 Å². The predicted molar refractivity (Wildman–Crippen MR) is 185 cm³/mol. The summed E-state index contributed by atoms with van der Waals surface area (Å²) in [7, 11) is 2.91. The van der Waals surface area contributed by atoms with Crippen molar-refractivity contribution in [2.75, 3.05) is 39.2 Å². The molecule has 1 N–H and O–H groups in total. The summed E-state index contributed by atoms with van der Waals surface area (Å²) >= 11 is 0. The Morgan fingerprint density at radius 3 is 1.91 bits per heavy atom. The first-order valence-electron chi connectivity index (χ1n) is 16.3. The van der Waals surface area contributed by atoms with Crippen LogP contribution in [-0.4, -0.2) is 68.5 Å². The number of amides is 2. The minimum atomic E-state index is -4.62. The summed E-state index contributed by atoms with van der Waals surface area (Å²) in [4.78, 5) is 67.8. The van der Waals surface area contributed by atoms with Crippen molar-refractivity contribution in [2.24, 2.45) is 0 Å². The molecule has 14 heteroatoms. The van der Waals surface area contributed by atoms with Crippen molar-refractivity contribution in [1.29, 1.82) is 0 Å². The zero-order chi connectivity index (χ0) is 38.9. The number of ether oxygens (including phenoxy) is 3. The Labute approximate surface area is 302 Å². The Balaban J connectivity index is 1.62. The van der Waals surface area contributed by atoms with E-state index in [1.54, 1.807) is 32.0 Å². The number of anilines is 1. The summed E-state index contributed by atoms with van der Waals surface area (Å²) in [5.74, 6) is -5.13. The highest BCUT2D eigenvalue weighted by Crippen LogP contribution is 2.34. The molecule has 0 unspecified atom stereocenters. The van der Waals surface area contributed by atoms with Gasteiger partial charge in [-0.1, -0.05) is 54.6 Å². The SMILES string of the molecule is CCOC(=O)C(COC(=O)Cc1ccc(NC(=O)c2cccc(F)c2-c2ccc(C(F)(F)F)cc2)c(C(=O)N(C)C)c1)(C(=O)OCC)c1ccccc1. The first-order valence-corrected chi connectivity index (χ1v) is 16.3. The molecule has 0 aliphatic carbocycles. The average Bonchev–Trinajstić information content (AvgIpc) is 3.12. The van der Waals surface area contributed by atoms with Crippen molar-refractivity contribution < 1.29 is 55.7 Å². The van der Waals surface area contributed by atoms with Crippen molar-refractivity contribution in [3.05, 3.63) is 125 Å². The van der Waals surface area contributed by atoms with Gasteiger partial charge in [0.25, 0.3) is 11.8 Å². The second-order valence-corrected chi connectivity index (χ2v) is 11.8. The van der Waals surface area contributed by atoms with Crippen LogP contribution in [0.1, 0.15) is 51.3 Å². The van der Waals surface area contributed by atoms with E-state index in [9.17, 15) is 37.1 Å². The number of nitrogens with zero attached hydrogens (tertiary/aromatic N) is 1. The van der Waals surface area contributed by atoms with Crippen LogP contribution >= 0.6 is 0 Å². The van der Waals surface area contributed by atoms with Crippen LogP contribution in [0.25, 0.3) is 11.1 Å². The first-order chi connectivity index (χ1) is 25.1. The molecule has 0 aliphatic heterocycles. The second-order valence-electron chi connectivity index (χ2n) is 11.8. The van der Waals surface area contributed by atoms with Gasteiger partial charge in [-0.25, -0.2) is 4.39 Å². The third-order valence-corrected chi connectivity index (χ3v) is 8.04. The second kappa shape index (κ2) is 17.0. The molecule has 0 aliphatic rings. The van der Waals surface area contributed by atoms with E-state index < -0.39 is 65.7 Å². The monoisotopic (exact) mass is 736 g/mol. The highest BCUT2D eigenvalue weighted by molar-refractivity contribution is 6.12. The number of hydrogen-bond donors (Lipinski definition) is 1. The van der Waals surface area contributed by atoms with Gasteiger partial charge < -0.3 is 24.4 Å². The molecule has 0 aromatic heterocycles. The Morgan fingerprint density at radius 2 is 1.34 bits per heavy atom. The number of carbonyl (C=O) groups excluding carboxylic acids is 5. The van der Waals surface area contributed by atoms with Gasteiger partial charge in [0.15, 0.2) is 0 Å². The fourth-order valence-corrected chi connectivity index (χ4v) is 5.41. The van der Waals surface area contributed by atoms with Gasteiger partial charge in [-0.15, -0.1) is 0 Å². The number of carbonyl (C=O) groups is 5. The highest BCUT2D eigenvalue weighted by atomic mass is 19.4. The summed E-state index contributed by atoms with van der Waals surface area (Å²) in [6.07, 6.45) is -5.05. The molecule has 0 saturated carbocycles. The van der Waals surface area contributed by atoms with Crippen LogP contribution in [-0.2, 0) is 46.6 Å². The van der Waals surface area contributed by atoms with E-state index in [1.807, 2.05) is 0 Å². The third kappa shape index (κ3) is 9.07. The van der Waals surface area contributed by atoms with E-state index in [-0.39, 0.29) is 52.3 Å². The Bertz CT molecular complexity index is 1960. The molecule has 0 fully saturated rings. The lowest BCUT2D eigenvalue weighted by molar-refractivity contribution is -0.170. The molecule has 278 valence electrons. The molecule has 0 atom stereocenters. The van der Waals surface area contributed by atoms with E-state index in [1.165, 1.54) is 61.5 Å². The number of esters is 3. The number of benzene rings is 4. The molecule has 2 amide bonds. The molecule has 0 heterocycles. The van der Waals surface area contributed by atoms with Gasteiger partial charge in [-0.3, -0.25) is 24.0 Å². The number of nitrogens with one attached hydrogen (secondary N) is 1. The number of rotatable bonds is 13. The van der Waals surface area contributed by atoms with Crippen LogP contribution in [0.15, 0.2) is 91.0 Å². The van der Waals surface area contributed by atoms with E-state index in [4.69, 9.17) is 14.2 Å². The van der Waals surface area contributed by atoms with E-state index in [2.05, 4.69) is 5.32 Å². The topological polar surface area (TPSA) is 128 Å². The normalized spacial score (nSPS) is 11.3. The molecule has 10 nitrogen and oxygen atoms in total. The zero-order valence-electron chi connectivity index (χ0n) is 29.2. The van der Waals surface area contributed by atoms with E-state index >= 15 is 4.39 Å². The van der Waals surface area contributed by atoms with Gasteiger partial charge in [0.1, 0.15) is 12.4 Å². The van der Waals surface area contributed by atoms with Crippen LogP contribution in [0, 0.1) is 5.82 Å². The average molecular weight is 737 g/mol. The first kappa shape index (κ1) is 39.7. The van der Waals surface area contributed by atoms with Gasteiger partial charge >= 0.3 is 24.1 Å². The molecule has 0 bridgehead atoms. The lowest BCUT2D eigenvalue weighted by Crippen LogP contribution is -2.50. The maximum atomic E-state index is 15.1. The third-order valence-electron chi connectivity index (χ3n) is 8.04. The summed E-state index contributed by atoms with van der Waals surface area (Å²) < 4.78 is 70.4. The van der Waals surface area contributed by atoms with Crippen molar-refractivity contribution >= 4 is 35.4 Å². The fraction of sp³-hybridized carbons (Fsp3) is 0.256. The van der Waals surface area contributed by atoms with Crippen molar-refractivity contribution in [2.45, 2.75) is 31.9 Å². The molecular formula is C39H36F4N2O8. The van der Waals surface area contributed by atoms with Gasteiger partial charge in [-0.2, -0.15) is 13.2 Å². The molecule has 4 rings (SSSR count). The van der Waals surface area contributed by atoms with E-state index in [0.717, 1.165) is 30.3 Å². The summed E-state index contributed by atoms with van der Waals surface area (Å²) in [6.45, 7) is 2.23. The number of hydrogen-bond acceptors (Lipinski definition) is 8. The number of halogens is 4. The Morgan fingerprint density at radius 1 is 0.717 bits per heavy atom. The van der Waals surface area contributed by atoms with Gasteiger partial charge in [0.05, 0.1) is 42.0 Å². The quantitative estimate of drug-likeness (QED) is 0.0703. The Kier molecular flexibility index (Phi) is 12.7. The molecular weight excluding hydrogens is 700 g/mol. The summed E-state index contributed by atoms with van der Waals surface area (Å²) in [5, 5.41) is 2.58. The lowest BCUT2D eigenvalue weighted by Gasteiger charge is -2.29. The number of alkyl halides is 3. The minimum Gasteiger partial charge on any atom is -0.465 e. The van der Waals surface area contributed by atoms with Crippen LogP contribution in [0.5, 0.6) is 0 Å². The Hall–Kier alpha value is -6.05. The lowest BCUT2D eigenvalue weighted by atomic mass is 9.81. The summed E-state index contributed by atoms with van der Waals surface area (Å²) in [5.41, 5.74) is -3.16. The van der Waals surface area contributed by atoms with Crippen LogP contribution in [0.4, 0.5) is 23.2 Å². The maximum Gasteiger partial charge on any atom is 0.416 e. The van der Waals surface area contributed by atoms with Crippen LogP contribution in [0.3, 0.4) is 0 Å². The minimum absolute atomic E-state index is 0.0128. The van der Waals surface area contributed by atoms with E-state index in [0.29, 0.717) is 0 Å². The largest absolute Gasteiger partial charge is 0.465 e. The molecule has 0 spiro atoms. The van der Waals surface area contributed by atoms with Crippen molar-refractivity contribution in [3.63, 3.8) is 0 Å². The smallest absolute Gasteiger partial charge is 0.416 e. The molecule has 0 radical (unpaired) electrons. The van der Waals surface area contributed by atoms with Gasteiger partial charge in [-0.05, 0) is 66.9 Å². The molecule has 4 aromatic carbocycles. The predicted octanol–water partition coefficient (Wildman–Crippen LogP) is 6.62. The van der Waals surface area contributed by atoms with Crippen molar-refractivity contribution in [3.8, 4) is 11.1 Å². The molecule has 53 heavy (non-hydrogen) atoms. The molecule has 4 aromatic rings. The standard InChI is InChI=1S/C39H36F4N2O8/c1-5-51-36(49)38(37(50)52-6-2,26-11-8-7-9-12-26)23-53-32(46)22-24-15-20-31(29(21-24)35(48)45(3)4)44-34(47)28-13-10-14-30(40)33(28)25-16-18-27(19-17-25)39(41,42)43/h7-21H,5-6,22-23H2,1-4H3,(H,44,47). The highest BCUT2D eigenvalue weighted by Gasteiger charge is 2.52. The maximum absolute atomic E-state index is 15.1. The summed E-state index contributed by atoms with van der Waals surface area (Å²) in [6, 6.07) is 19.2.